The first-order chi connectivity index (χ1) is 5.83. The van der Waals surface area contributed by atoms with Gasteiger partial charge >= 0.3 is 0 Å². The molecule has 0 unspecified atom stereocenters. The summed E-state index contributed by atoms with van der Waals surface area (Å²) in [6, 6.07) is 8.51. The van der Waals surface area contributed by atoms with Crippen molar-refractivity contribution in [2.45, 2.75) is 13.3 Å². The molecule has 0 bridgehead atoms. The minimum atomic E-state index is 1.02. The van der Waals surface area contributed by atoms with Crippen molar-refractivity contribution < 1.29 is 0 Å². The molecule has 2 rings (SSSR count). The molecular weight excluding hydrogens is 146 g/mol. The van der Waals surface area contributed by atoms with Gasteiger partial charge in [-0.3, -0.25) is 0 Å². The van der Waals surface area contributed by atoms with Gasteiger partial charge in [0.05, 0.1) is 0 Å². The van der Waals surface area contributed by atoms with Crippen LogP contribution < -0.4 is 4.90 Å². The molecule has 0 aliphatic carbocycles. The summed E-state index contributed by atoms with van der Waals surface area (Å²) in [6.07, 6.45) is 1.02. The first-order valence-corrected chi connectivity index (χ1v) is 4.36. The Morgan fingerprint density at radius 3 is 2.92 bits per heavy atom. The van der Waals surface area contributed by atoms with Crippen LogP contribution in [0.4, 0.5) is 5.69 Å². The van der Waals surface area contributed by atoms with Gasteiger partial charge in [0.2, 0.25) is 0 Å². The molecule has 0 atom stereocenters. The monoisotopic (exact) mass is 159 g/mol. The lowest BCUT2D eigenvalue weighted by Gasteiger charge is -2.17. The minimum Gasteiger partial charge on any atom is -0.345 e. The maximum absolute atomic E-state index is 4.05. The van der Waals surface area contributed by atoms with Gasteiger partial charge < -0.3 is 4.90 Å². The fourth-order valence-corrected chi connectivity index (χ4v) is 1.80. The molecule has 1 aromatic rings. The van der Waals surface area contributed by atoms with Gasteiger partial charge in [-0.15, -0.1) is 0 Å². The van der Waals surface area contributed by atoms with Gasteiger partial charge in [0.15, 0.2) is 0 Å². The summed E-state index contributed by atoms with van der Waals surface area (Å²) in [5.41, 5.74) is 3.97. The standard InChI is InChI=1S/C11H13N/c1-3-12-9(2)8-10-6-4-5-7-11(10)12/h4-7H,2-3,8H2,1H3. The van der Waals surface area contributed by atoms with Crippen LogP contribution in [0.2, 0.25) is 0 Å². The summed E-state index contributed by atoms with van der Waals surface area (Å²) in [5, 5.41) is 0. The molecule has 0 amide bonds. The Bertz CT molecular complexity index is 315. The Morgan fingerprint density at radius 2 is 2.17 bits per heavy atom. The first-order valence-electron chi connectivity index (χ1n) is 4.36. The van der Waals surface area contributed by atoms with Gasteiger partial charge in [-0.05, 0) is 18.6 Å². The van der Waals surface area contributed by atoms with Crippen LogP contribution in [-0.4, -0.2) is 6.54 Å². The van der Waals surface area contributed by atoms with Gasteiger partial charge in [-0.25, -0.2) is 0 Å². The number of allylic oxidation sites excluding steroid dienone is 1. The van der Waals surface area contributed by atoms with Crippen molar-refractivity contribution in [1.82, 2.24) is 0 Å². The highest BCUT2D eigenvalue weighted by Crippen LogP contribution is 2.32. The van der Waals surface area contributed by atoms with Crippen LogP contribution in [0.1, 0.15) is 12.5 Å². The van der Waals surface area contributed by atoms with Gasteiger partial charge in [0.1, 0.15) is 0 Å². The molecule has 1 heterocycles. The van der Waals surface area contributed by atoms with E-state index in [1.165, 1.54) is 16.9 Å². The largest absolute Gasteiger partial charge is 0.345 e. The number of rotatable bonds is 1. The molecule has 0 fully saturated rings. The molecule has 12 heavy (non-hydrogen) atoms. The highest BCUT2D eigenvalue weighted by atomic mass is 15.2. The summed E-state index contributed by atoms with van der Waals surface area (Å²) in [6.45, 7) is 7.23. The Balaban J connectivity index is 2.47. The van der Waals surface area contributed by atoms with Gasteiger partial charge in [-0.1, -0.05) is 24.8 Å². The van der Waals surface area contributed by atoms with Crippen LogP contribution >= 0.6 is 0 Å². The Hall–Kier alpha value is -1.24. The quantitative estimate of drug-likeness (QED) is 0.608. The summed E-state index contributed by atoms with van der Waals surface area (Å²) in [7, 11) is 0. The van der Waals surface area contributed by atoms with E-state index in [-0.39, 0.29) is 0 Å². The third kappa shape index (κ3) is 0.934. The number of benzene rings is 1. The lowest BCUT2D eigenvalue weighted by atomic mass is 10.1. The topological polar surface area (TPSA) is 3.24 Å². The van der Waals surface area contributed by atoms with E-state index in [9.17, 15) is 0 Å². The van der Waals surface area contributed by atoms with Crippen LogP contribution in [0.25, 0.3) is 0 Å². The molecule has 1 aliphatic rings. The Labute approximate surface area is 73.3 Å². The number of para-hydroxylation sites is 1. The maximum Gasteiger partial charge on any atom is 0.0444 e. The van der Waals surface area contributed by atoms with Crippen molar-refractivity contribution >= 4 is 5.69 Å². The predicted octanol–water partition coefficient (Wildman–Crippen LogP) is 2.58. The number of hydrogen-bond acceptors (Lipinski definition) is 1. The van der Waals surface area contributed by atoms with Crippen LogP contribution in [-0.2, 0) is 6.42 Å². The maximum atomic E-state index is 4.05. The third-order valence-corrected chi connectivity index (χ3v) is 2.37. The lowest BCUT2D eigenvalue weighted by molar-refractivity contribution is 0.972. The van der Waals surface area contributed by atoms with Crippen molar-refractivity contribution in [2.75, 3.05) is 11.4 Å². The van der Waals surface area contributed by atoms with Crippen molar-refractivity contribution in [3.63, 3.8) is 0 Å². The number of anilines is 1. The average molecular weight is 159 g/mol. The van der Waals surface area contributed by atoms with Crippen molar-refractivity contribution in [3.05, 3.63) is 42.1 Å². The zero-order valence-corrected chi connectivity index (χ0v) is 7.38. The summed E-state index contributed by atoms with van der Waals surface area (Å²) < 4.78 is 0. The minimum absolute atomic E-state index is 1.02. The van der Waals surface area contributed by atoms with E-state index in [1.54, 1.807) is 0 Å². The predicted molar refractivity (Wildman–Crippen MR) is 52.3 cm³/mol. The van der Waals surface area contributed by atoms with E-state index in [0.717, 1.165) is 13.0 Å². The van der Waals surface area contributed by atoms with E-state index >= 15 is 0 Å². The van der Waals surface area contributed by atoms with Crippen LogP contribution in [0, 0.1) is 0 Å². The molecule has 0 saturated carbocycles. The zero-order chi connectivity index (χ0) is 8.55. The summed E-state index contributed by atoms with van der Waals surface area (Å²) in [4.78, 5) is 2.27. The Morgan fingerprint density at radius 1 is 1.42 bits per heavy atom. The van der Waals surface area contributed by atoms with Crippen molar-refractivity contribution in [1.29, 1.82) is 0 Å². The molecule has 0 saturated heterocycles. The zero-order valence-electron chi connectivity index (χ0n) is 7.38. The number of hydrogen-bond donors (Lipinski definition) is 0. The van der Waals surface area contributed by atoms with Gasteiger partial charge in [0.25, 0.3) is 0 Å². The molecule has 0 N–H and O–H groups in total. The second kappa shape index (κ2) is 2.67. The van der Waals surface area contributed by atoms with E-state index < -0.39 is 0 Å². The lowest BCUT2D eigenvalue weighted by Crippen LogP contribution is -2.16. The third-order valence-electron chi connectivity index (χ3n) is 2.37. The molecule has 0 spiro atoms. The fourth-order valence-electron chi connectivity index (χ4n) is 1.80. The number of nitrogens with zero attached hydrogens (tertiary/aromatic N) is 1. The van der Waals surface area contributed by atoms with Crippen molar-refractivity contribution in [3.8, 4) is 0 Å². The normalized spacial score (nSPS) is 15.1. The van der Waals surface area contributed by atoms with E-state index in [1.807, 2.05) is 0 Å². The molecule has 0 radical (unpaired) electrons. The second-order valence-corrected chi connectivity index (χ2v) is 3.12. The summed E-state index contributed by atoms with van der Waals surface area (Å²) >= 11 is 0. The molecule has 62 valence electrons. The van der Waals surface area contributed by atoms with Crippen molar-refractivity contribution in [2.24, 2.45) is 0 Å². The smallest absolute Gasteiger partial charge is 0.0444 e. The van der Waals surface area contributed by atoms with E-state index in [0.29, 0.717) is 0 Å². The van der Waals surface area contributed by atoms with Crippen LogP contribution in [0.3, 0.4) is 0 Å². The highest BCUT2D eigenvalue weighted by molar-refractivity contribution is 5.64. The molecule has 0 aromatic heterocycles. The molecule has 1 heteroatoms. The number of fused-ring (bicyclic) bond motifs is 1. The fraction of sp³-hybridized carbons (Fsp3) is 0.273. The summed E-state index contributed by atoms with van der Waals surface area (Å²) in [5.74, 6) is 0. The van der Waals surface area contributed by atoms with Crippen LogP contribution in [0.15, 0.2) is 36.5 Å². The molecular formula is C11H13N. The molecule has 1 nitrogen and oxygen atoms in total. The first kappa shape index (κ1) is 7.41. The Kier molecular flexibility index (Phi) is 1.65. The van der Waals surface area contributed by atoms with Gasteiger partial charge in [-0.2, -0.15) is 0 Å². The second-order valence-electron chi connectivity index (χ2n) is 3.12. The number of likely N-dealkylation sites (N-methyl/N-ethyl adjacent to an activating group) is 1. The van der Waals surface area contributed by atoms with E-state index in [2.05, 4.69) is 42.7 Å². The molecule has 1 aliphatic heterocycles. The van der Waals surface area contributed by atoms with Crippen LogP contribution in [0.5, 0.6) is 0 Å². The SMILES string of the molecule is C=C1Cc2ccccc2N1CC. The molecule has 1 aromatic carbocycles. The van der Waals surface area contributed by atoms with E-state index in [4.69, 9.17) is 0 Å². The van der Waals surface area contributed by atoms with Gasteiger partial charge in [0, 0.05) is 24.4 Å². The average Bonchev–Trinajstić information content (AvgIpc) is 2.40. The highest BCUT2D eigenvalue weighted by Gasteiger charge is 2.19.